The normalized spacial score (nSPS) is 9.96. The highest BCUT2D eigenvalue weighted by molar-refractivity contribution is 14.1. The number of carbonyl (C=O) groups is 2. The minimum absolute atomic E-state index is 0.131. The second kappa shape index (κ2) is 8.20. The number of aryl methyl sites for hydroxylation is 1. The predicted octanol–water partition coefficient (Wildman–Crippen LogP) is 3.09. The number of benzene rings is 2. The van der Waals surface area contributed by atoms with Crippen molar-refractivity contribution in [3.8, 4) is 0 Å². The van der Waals surface area contributed by atoms with Gasteiger partial charge in [-0.15, -0.1) is 0 Å². The highest BCUT2D eigenvalue weighted by Gasteiger charge is 2.13. The summed E-state index contributed by atoms with van der Waals surface area (Å²) in [5, 5.41) is 8.21. The number of amides is 2. The maximum absolute atomic E-state index is 12.3. The number of carbonyl (C=O) groups excluding carboxylic acids is 2. The van der Waals surface area contributed by atoms with Gasteiger partial charge < -0.3 is 10.6 Å². The van der Waals surface area contributed by atoms with Gasteiger partial charge in [0.2, 0.25) is 0 Å². The molecule has 0 aliphatic heterocycles. The van der Waals surface area contributed by atoms with Gasteiger partial charge in [0, 0.05) is 16.2 Å². The van der Waals surface area contributed by atoms with Gasteiger partial charge in [-0.25, -0.2) is 0 Å². The fourth-order valence-electron chi connectivity index (χ4n) is 1.99. The van der Waals surface area contributed by atoms with Gasteiger partial charge in [0.15, 0.2) is 5.11 Å². The van der Waals surface area contributed by atoms with Crippen LogP contribution in [0.5, 0.6) is 0 Å². The molecule has 2 rings (SSSR count). The Morgan fingerprint density at radius 3 is 2.46 bits per heavy atom. The Hall–Kier alpha value is -2.00. The van der Waals surface area contributed by atoms with Crippen LogP contribution in [-0.2, 0) is 0 Å². The molecular weight excluding hydrogens is 437 g/mol. The lowest BCUT2D eigenvalue weighted by atomic mass is 10.1. The number of para-hydroxylation sites is 1. The molecular formula is C17H16IN3O2S. The van der Waals surface area contributed by atoms with E-state index in [0.29, 0.717) is 16.8 Å². The number of halogens is 1. The fourth-order valence-corrected chi connectivity index (χ4v) is 2.71. The number of hydrogen-bond acceptors (Lipinski definition) is 3. The standard InChI is InChI=1S/C17H16IN3O2S/c1-10-7-8-11(9-13(10)18)15(22)21-17(24)20-14-6-4-3-5-12(14)16(23)19-2/h3-9H,1-2H3,(H,19,23)(H2,20,21,22,24). The molecule has 0 saturated heterocycles. The van der Waals surface area contributed by atoms with Crippen LogP contribution < -0.4 is 16.0 Å². The summed E-state index contributed by atoms with van der Waals surface area (Å²) in [7, 11) is 1.55. The van der Waals surface area contributed by atoms with E-state index in [1.807, 2.05) is 13.0 Å². The zero-order valence-corrected chi connectivity index (χ0v) is 16.1. The summed E-state index contributed by atoms with van der Waals surface area (Å²) in [6, 6.07) is 12.4. The van der Waals surface area contributed by atoms with Crippen LogP contribution in [0.3, 0.4) is 0 Å². The Morgan fingerprint density at radius 2 is 1.79 bits per heavy atom. The second-order valence-corrected chi connectivity index (χ2v) is 6.57. The van der Waals surface area contributed by atoms with Gasteiger partial charge in [-0.1, -0.05) is 18.2 Å². The van der Waals surface area contributed by atoms with E-state index in [2.05, 4.69) is 38.5 Å². The first-order chi connectivity index (χ1) is 11.4. The first-order valence-corrected chi connectivity index (χ1v) is 8.60. The molecule has 2 aromatic rings. The molecule has 0 fully saturated rings. The summed E-state index contributed by atoms with van der Waals surface area (Å²) in [5.41, 5.74) is 2.60. The van der Waals surface area contributed by atoms with Crippen LogP contribution >= 0.6 is 34.8 Å². The summed E-state index contributed by atoms with van der Waals surface area (Å²) in [6.45, 7) is 1.98. The van der Waals surface area contributed by atoms with E-state index >= 15 is 0 Å². The number of anilines is 1. The van der Waals surface area contributed by atoms with E-state index in [0.717, 1.165) is 9.13 Å². The molecule has 0 atom stereocenters. The van der Waals surface area contributed by atoms with Crippen LogP contribution in [0.25, 0.3) is 0 Å². The molecule has 0 spiro atoms. The molecule has 0 aliphatic carbocycles. The highest BCUT2D eigenvalue weighted by atomic mass is 127. The van der Waals surface area contributed by atoms with Gasteiger partial charge in [-0.2, -0.15) is 0 Å². The monoisotopic (exact) mass is 453 g/mol. The molecule has 2 aromatic carbocycles. The van der Waals surface area contributed by atoms with E-state index in [1.165, 1.54) is 0 Å². The van der Waals surface area contributed by atoms with Crippen LogP contribution in [-0.4, -0.2) is 24.0 Å². The Kier molecular flexibility index (Phi) is 6.27. The molecule has 2 amide bonds. The van der Waals surface area contributed by atoms with Gasteiger partial charge >= 0.3 is 0 Å². The summed E-state index contributed by atoms with van der Waals surface area (Å²) in [6.07, 6.45) is 0. The van der Waals surface area contributed by atoms with Gasteiger partial charge in [0.25, 0.3) is 11.8 Å². The average molecular weight is 453 g/mol. The van der Waals surface area contributed by atoms with Gasteiger partial charge in [0.1, 0.15) is 0 Å². The number of thiocarbonyl (C=S) groups is 1. The zero-order valence-electron chi connectivity index (χ0n) is 13.1. The molecule has 3 N–H and O–H groups in total. The van der Waals surface area contributed by atoms with E-state index in [-0.39, 0.29) is 16.9 Å². The fraction of sp³-hybridized carbons (Fsp3) is 0.118. The van der Waals surface area contributed by atoms with Crippen molar-refractivity contribution in [1.82, 2.24) is 10.6 Å². The van der Waals surface area contributed by atoms with Crippen LogP contribution in [0.15, 0.2) is 42.5 Å². The lowest BCUT2D eigenvalue weighted by Gasteiger charge is -2.13. The molecule has 7 heteroatoms. The molecule has 24 heavy (non-hydrogen) atoms. The van der Waals surface area contributed by atoms with Crippen molar-refractivity contribution in [1.29, 1.82) is 0 Å². The van der Waals surface area contributed by atoms with Crippen molar-refractivity contribution < 1.29 is 9.59 Å². The summed E-state index contributed by atoms with van der Waals surface area (Å²) in [5.74, 6) is -0.539. The predicted molar refractivity (Wildman–Crippen MR) is 107 cm³/mol. The van der Waals surface area contributed by atoms with Crippen molar-refractivity contribution in [2.24, 2.45) is 0 Å². The largest absolute Gasteiger partial charge is 0.355 e. The van der Waals surface area contributed by atoms with Gasteiger partial charge in [-0.05, 0) is 71.6 Å². The Morgan fingerprint density at radius 1 is 1.08 bits per heavy atom. The van der Waals surface area contributed by atoms with Crippen molar-refractivity contribution in [2.75, 3.05) is 12.4 Å². The van der Waals surface area contributed by atoms with E-state index in [1.54, 1.807) is 43.4 Å². The van der Waals surface area contributed by atoms with Gasteiger partial charge in [-0.3, -0.25) is 14.9 Å². The van der Waals surface area contributed by atoms with Crippen molar-refractivity contribution in [3.63, 3.8) is 0 Å². The van der Waals surface area contributed by atoms with Crippen molar-refractivity contribution in [3.05, 3.63) is 62.7 Å². The molecule has 0 heterocycles. The second-order valence-electron chi connectivity index (χ2n) is 5.00. The van der Waals surface area contributed by atoms with Crippen LogP contribution in [0.2, 0.25) is 0 Å². The minimum atomic E-state index is -0.303. The maximum atomic E-state index is 12.3. The quantitative estimate of drug-likeness (QED) is 0.494. The first kappa shape index (κ1) is 18.3. The van der Waals surface area contributed by atoms with Crippen molar-refractivity contribution >= 4 is 57.4 Å². The Balaban J connectivity index is 2.10. The number of nitrogens with one attached hydrogen (secondary N) is 3. The third-order valence-corrected chi connectivity index (χ3v) is 4.67. The SMILES string of the molecule is CNC(=O)c1ccccc1NC(=S)NC(=O)c1ccc(C)c(I)c1. The van der Waals surface area contributed by atoms with Crippen LogP contribution in [0.4, 0.5) is 5.69 Å². The minimum Gasteiger partial charge on any atom is -0.355 e. The van der Waals surface area contributed by atoms with Gasteiger partial charge in [0.05, 0.1) is 11.3 Å². The smallest absolute Gasteiger partial charge is 0.257 e. The third kappa shape index (κ3) is 4.51. The van der Waals surface area contributed by atoms with E-state index in [4.69, 9.17) is 12.2 Å². The van der Waals surface area contributed by atoms with Crippen molar-refractivity contribution in [2.45, 2.75) is 6.92 Å². The third-order valence-electron chi connectivity index (χ3n) is 3.31. The average Bonchev–Trinajstić information content (AvgIpc) is 2.57. The lowest BCUT2D eigenvalue weighted by molar-refractivity contribution is 0.0961. The molecule has 0 aromatic heterocycles. The van der Waals surface area contributed by atoms with E-state index in [9.17, 15) is 9.59 Å². The van der Waals surface area contributed by atoms with Crippen LogP contribution in [0.1, 0.15) is 26.3 Å². The highest BCUT2D eigenvalue weighted by Crippen LogP contribution is 2.15. The summed E-state index contributed by atoms with van der Waals surface area (Å²) in [4.78, 5) is 24.1. The molecule has 0 unspecified atom stereocenters. The summed E-state index contributed by atoms with van der Waals surface area (Å²) >= 11 is 7.36. The Labute approximate surface area is 159 Å². The zero-order chi connectivity index (χ0) is 17.7. The molecule has 124 valence electrons. The summed E-state index contributed by atoms with van der Waals surface area (Å²) < 4.78 is 1.00. The topological polar surface area (TPSA) is 70.2 Å². The van der Waals surface area contributed by atoms with E-state index < -0.39 is 0 Å². The number of rotatable bonds is 3. The molecule has 0 bridgehead atoms. The number of hydrogen-bond donors (Lipinski definition) is 3. The molecule has 0 saturated carbocycles. The molecule has 5 nitrogen and oxygen atoms in total. The maximum Gasteiger partial charge on any atom is 0.257 e. The lowest BCUT2D eigenvalue weighted by Crippen LogP contribution is -2.34. The molecule has 0 aliphatic rings. The Bertz CT molecular complexity index is 808. The molecule has 0 radical (unpaired) electrons. The first-order valence-electron chi connectivity index (χ1n) is 7.12. The van der Waals surface area contributed by atoms with Crippen LogP contribution in [0, 0.1) is 10.5 Å².